The number of nitrogens with zero attached hydrogens (tertiary/aromatic N) is 2. The van der Waals surface area contributed by atoms with Crippen molar-refractivity contribution in [3.8, 4) is 5.75 Å². The van der Waals surface area contributed by atoms with Gasteiger partial charge in [0.2, 0.25) is 0 Å². The Labute approximate surface area is 154 Å². The Morgan fingerprint density at radius 1 is 1.19 bits per heavy atom. The first-order valence-electron chi connectivity index (χ1n) is 8.25. The normalized spacial score (nSPS) is 19.5. The molecule has 0 saturated heterocycles. The summed E-state index contributed by atoms with van der Waals surface area (Å²) >= 11 is 0. The Morgan fingerprint density at radius 3 is 2.50 bits per heavy atom. The molecule has 0 saturated carbocycles. The molecule has 6 nitrogen and oxygen atoms in total. The van der Waals surface area contributed by atoms with Crippen molar-refractivity contribution in [2.75, 3.05) is 0 Å². The number of nitro benzene ring substituents is 1. The van der Waals surface area contributed by atoms with E-state index in [1.807, 2.05) is 51.1 Å². The molecule has 0 spiro atoms. The van der Waals surface area contributed by atoms with Gasteiger partial charge in [-0.05, 0) is 32.4 Å². The van der Waals surface area contributed by atoms with Crippen LogP contribution in [0, 0.1) is 10.1 Å². The van der Waals surface area contributed by atoms with Gasteiger partial charge in [0.15, 0.2) is 0 Å². The van der Waals surface area contributed by atoms with Gasteiger partial charge in [0.05, 0.1) is 15.4 Å². The largest absolute Gasteiger partial charge is 0.485 e. The summed E-state index contributed by atoms with van der Waals surface area (Å²) in [5.74, 6) is 0.514. The molecule has 1 aliphatic heterocycles. The van der Waals surface area contributed by atoms with Crippen molar-refractivity contribution in [3.05, 3.63) is 69.8 Å². The Balaban J connectivity index is 2.08. The standard InChI is InChI=1S/C19H20N2O4S/c1-19(2,3)26(24)20-16-12-18(13-7-5-4-6-8-13)25-17-10-9-14(21(22)23)11-15(16)17/h4-11,18H,12H2,1-3H3/b20-16+/t18?,26-/m1/s1. The lowest BCUT2D eigenvalue weighted by Crippen LogP contribution is -2.25. The maximum absolute atomic E-state index is 12.6. The summed E-state index contributed by atoms with van der Waals surface area (Å²) in [4.78, 5) is 10.7. The molecule has 0 aliphatic carbocycles. The number of fused-ring (bicyclic) bond motifs is 1. The topological polar surface area (TPSA) is 81.8 Å². The van der Waals surface area contributed by atoms with Gasteiger partial charge < -0.3 is 4.74 Å². The second kappa shape index (κ2) is 6.99. The molecule has 0 aromatic heterocycles. The summed E-state index contributed by atoms with van der Waals surface area (Å²) in [7, 11) is -1.47. The van der Waals surface area contributed by atoms with Crippen molar-refractivity contribution < 1.29 is 13.9 Å². The van der Waals surface area contributed by atoms with E-state index in [0.29, 0.717) is 23.4 Å². The van der Waals surface area contributed by atoms with Crippen LogP contribution in [-0.4, -0.2) is 19.6 Å². The van der Waals surface area contributed by atoms with Gasteiger partial charge in [-0.3, -0.25) is 10.1 Å². The van der Waals surface area contributed by atoms with Crippen molar-refractivity contribution >= 4 is 22.4 Å². The van der Waals surface area contributed by atoms with E-state index in [1.54, 1.807) is 6.07 Å². The van der Waals surface area contributed by atoms with Crippen molar-refractivity contribution in [1.82, 2.24) is 0 Å². The van der Waals surface area contributed by atoms with Crippen LogP contribution in [0.1, 0.15) is 44.4 Å². The summed E-state index contributed by atoms with van der Waals surface area (Å²) in [6.07, 6.45) is 0.126. The van der Waals surface area contributed by atoms with Gasteiger partial charge in [0.25, 0.3) is 5.69 Å². The van der Waals surface area contributed by atoms with Gasteiger partial charge in [-0.25, -0.2) is 4.21 Å². The Bertz CT molecular complexity index is 888. The Kier molecular flexibility index (Phi) is 4.91. The highest BCUT2D eigenvalue weighted by atomic mass is 32.2. The zero-order chi connectivity index (χ0) is 18.9. The number of rotatable bonds is 3. The first-order chi connectivity index (χ1) is 12.3. The molecule has 7 heteroatoms. The van der Waals surface area contributed by atoms with Gasteiger partial charge in [-0.1, -0.05) is 30.3 Å². The van der Waals surface area contributed by atoms with E-state index in [2.05, 4.69) is 4.40 Å². The predicted octanol–water partition coefficient (Wildman–Crippen LogP) is 4.37. The van der Waals surface area contributed by atoms with Crippen LogP contribution in [0.5, 0.6) is 5.75 Å². The average Bonchev–Trinajstić information content (AvgIpc) is 2.61. The maximum Gasteiger partial charge on any atom is 0.270 e. The number of nitro groups is 1. The number of benzene rings is 2. The lowest BCUT2D eigenvalue weighted by molar-refractivity contribution is -0.384. The zero-order valence-electron chi connectivity index (χ0n) is 14.8. The van der Waals surface area contributed by atoms with Gasteiger partial charge in [0, 0.05) is 24.1 Å². The average molecular weight is 372 g/mol. The highest BCUT2D eigenvalue weighted by Gasteiger charge is 2.30. The first-order valence-corrected chi connectivity index (χ1v) is 9.36. The van der Waals surface area contributed by atoms with E-state index in [1.165, 1.54) is 12.1 Å². The quantitative estimate of drug-likeness (QED) is 0.592. The van der Waals surface area contributed by atoms with Crippen molar-refractivity contribution in [2.45, 2.75) is 38.0 Å². The maximum atomic E-state index is 12.6. The minimum atomic E-state index is -1.47. The summed E-state index contributed by atoms with van der Waals surface area (Å²) in [5, 5.41) is 11.1. The van der Waals surface area contributed by atoms with Gasteiger partial charge in [-0.15, -0.1) is 0 Å². The van der Waals surface area contributed by atoms with E-state index in [0.717, 1.165) is 5.56 Å². The predicted molar refractivity (Wildman–Crippen MR) is 102 cm³/mol. The molecule has 3 rings (SSSR count). The molecule has 0 fully saturated rings. The lowest BCUT2D eigenvalue weighted by Gasteiger charge is -2.28. The molecule has 136 valence electrons. The van der Waals surface area contributed by atoms with Crippen LogP contribution in [0.15, 0.2) is 52.9 Å². The fourth-order valence-corrected chi connectivity index (χ4v) is 3.26. The molecule has 2 atom stereocenters. The van der Waals surface area contributed by atoms with E-state index >= 15 is 0 Å². The molecular weight excluding hydrogens is 352 g/mol. The van der Waals surface area contributed by atoms with Crippen LogP contribution in [0.2, 0.25) is 0 Å². The molecule has 2 aromatic carbocycles. The highest BCUT2D eigenvalue weighted by molar-refractivity contribution is 7.85. The molecule has 0 bridgehead atoms. The summed E-state index contributed by atoms with van der Waals surface area (Å²) in [6.45, 7) is 5.53. The Hall–Kier alpha value is -2.54. The van der Waals surface area contributed by atoms with E-state index in [9.17, 15) is 14.3 Å². The van der Waals surface area contributed by atoms with Crippen LogP contribution in [0.25, 0.3) is 0 Å². The van der Waals surface area contributed by atoms with Gasteiger partial charge in [-0.2, -0.15) is 4.40 Å². The number of hydrogen-bond donors (Lipinski definition) is 0. The number of ether oxygens (including phenoxy) is 1. The van der Waals surface area contributed by atoms with Crippen LogP contribution < -0.4 is 4.74 Å². The fourth-order valence-electron chi connectivity index (χ4n) is 2.62. The van der Waals surface area contributed by atoms with Crippen molar-refractivity contribution in [3.63, 3.8) is 0 Å². The molecule has 2 aromatic rings. The van der Waals surface area contributed by atoms with Crippen molar-refractivity contribution in [2.24, 2.45) is 4.40 Å². The van der Waals surface area contributed by atoms with E-state index in [-0.39, 0.29) is 11.8 Å². The zero-order valence-corrected chi connectivity index (χ0v) is 15.7. The van der Waals surface area contributed by atoms with Crippen LogP contribution in [0.4, 0.5) is 5.69 Å². The van der Waals surface area contributed by atoms with Gasteiger partial charge >= 0.3 is 0 Å². The minimum Gasteiger partial charge on any atom is -0.485 e. The smallest absolute Gasteiger partial charge is 0.270 e. The molecule has 0 radical (unpaired) electrons. The van der Waals surface area contributed by atoms with Gasteiger partial charge in [0.1, 0.15) is 22.8 Å². The van der Waals surface area contributed by atoms with Crippen LogP contribution >= 0.6 is 0 Å². The molecular formula is C19H20N2O4S. The monoisotopic (exact) mass is 372 g/mol. The second-order valence-corrected chi connectivity index (χ2v) is 8.96. The SMILES string of the molecule is CC(C)(C)[S@@](=O)/N=C1\CC(c2ccccc2)Oc2ccc([N+](=O)[O-])cc21. The van der Waals surface area contributed by atoms with E-state index < -0.39 is 20.7 Å². The molecule has 0 amide bonds. The molecule has 1 heterocycles. The molecule has 1 unspecified atom stereocenters. The third-order valence-electron chi connectivity index (χ3n) is 4.02. The third-order valence-corrected chi connectivity index (χ3v) is 5.46. The van der Waals surface area contributed by atoms with Crippen LogP contribution in [0.3, 0.4) is 0 Å². The molecule has 0 N–H and O–H groups in total. The fraction of sp³-hybridized carbons (Fsp3) is 0.316. The summed E-state index contributed by atoms with van der Waals surface area (Å²) < 4.78 is 22.5. The Morgan fingerprint density at radius 2 is 1.88 bits per heavy atom. The van der Waals surface area contributed by atoms with E-state index in [4.69, 9.17) is 4.74 Å². The number of non-ortho nitro benzene ring substituents is 1. The number of hydrogen-bond acceptors (Lipinski definition) is 4. The molecule has 26 heavy (non-hydrogen) atoms. The summed E-state index contributed by atoms with van der Waals surface area (Å²) in [6, 6.07) is 14.1. The second-order valence-electron chi connectivity index (χ2n) is 7.06. The molecule has 1 aliphatic rings. The minimum absolute atomic E-state index is 0.0419. The third kappa shape index (κ3) is 3.83. The first kappa shape index (κ1) is 18.3. The van der Waals surface area contributed by atoms with Crippen LogP contribution in [-0.2, 0) is 11.0 Å². The highest BCUT2D eigenvalue weighted by Crippen LogP contribution is 2.37. The lowest BCUT2D eigenvalue weighted by atomic mass is 9.95. The van der Waals surface area contributed by atoms with Crippen molar-refractivity contribution in [1.29, 1.82) is 0 Å². The summed E-state index contributed by atoms with van der Waals surface area (Å²) in [5.41, 5.74) is 2.03.